The summed E-state index contributed by atoms with van der Waals surface area (Å²) in [4.78, 5) is 13.0. The Kier molecular flexibility index (Phi) is 5.24. The zero-order chi connectivity index (χ0) is 14.4. The highest BCUT2D eigenvalue weighted by Gasteiger charge is 2.20. The summed E-state index contributed by atoms with van der Waals surface area (Å²) in [6.45, 7) is 2.92. The molecule has 1 heterocycles. The number of rotatable bonds is 6. The average molecular weight is 278 g/mol. The van der Waals surface area contributed by atoms with Crippen molar-refractivity contribution in [1.29, 1.82) is 0 Å². The molecule has 1 aliphatic heterocycles. The number of likely N-dealkylation sites (tertiary alicyclic amines) is 1. The highest BCUT2D eigenvalue weighted by Crippen LogP contribution is 2.21. The van der Waals surface area contributed by atoms with Gasteiger partial charge in [-0.05, 0) is 56.1 Å². The molecule has 1 aliphatic rings. The Morgan fingerprint density at radius 3 is 2.40 bits per heavy atom. The first-order valence-electron chi connectivity index (χ1n) is 6.95. The Hall–Kier alpha value is -1.75. The lowest BCUT2D eigenvalue weighted by molar-refractivity contribution is -0.119. The van der Waals surface area contributed by atoms with Crippen molar-refractivity contribution in [1.82, 2.24) is 4.90 Å². The van der Waals surface area contributed by atoms with Crippen molar-refractivity contribution in [3.63, 3.8) is 0 Å². The SMILES string of the molecule is COc1ccc(OCC2CCN(CC(N)=O)CC2)cc1. The van der Waals surface area contributed by atoms with Crippen LogP contribution in [-0.2, 0) is 4.79 Å². The van der Waals surface area contributed by atoms with Gasteiger partial charge in [0.1, 0.15) is 11.5 Å². The third-order valence-corrected chi connectivity index (χ3v) is 3.63. The van der Waals surface area contributed by atoms with Crippen LogP contribution in [0.15, 0.2) is 24.3 Å². The second-order valence-electron chi connectivity index (χ2n) is 5.17. The summed E-state index contributed by atoms with van der Waals surface area (Å²) in [5, 5.41) is 0. The molecule has 0 aromatic heterocycles. The minimum absolute atomic E-state index is 0.252. The monoisotopic (exact) mass is 278 g/mol. The van der Waals surface area contributed by atoms with E-state index in [1.807, 2.05) is 24.3 Å². The van der Waals surface area contributed by atoms with E-state index in [4.69, 9.17) is 15.2 Å². The molecule has 5 nitrogen and oxygen atoms in total. The fraction of sp³-hybridized carbons (Fsp3) is 0.533. The molecule has 1 fully saturated rings. The lowest BCUT2D eigenvalue weighted by Gasteiger charge is -2.30. The van der Waals surface area contributed by atoms with Crippen molar-refractivity contribution in [2.45, 2.75) is 12.8 Å². The molecule has 0 atom stereocenters. The van der Waals surface area contributed by atoms with Crippen molar-refractivity contribution < 1.29 is 14.3 Å². The Bertz CT molecular complexity index is 425. The third kappa shape index (κ3) is 4.42. The van der Waals surface area contributed by atoms with Gasteiger partial charge in [-0.2, -0.15) is 0 Å². The largest absolute Gasteiger partial charge is 0.497 e. The second-order valence-corrected chi connectivity index (χ2v) is 5.17. The number of methoxy groups -OCH3 is 1. The maximum Gasteiger partial charge on any atom is 0.231 e. The maximum atomic E-state index is 10.9. The molecule has 110 valence electrons. The van der Waals surface area contributed by atoms with Gasteiger partial charge >= 0.3 is 0 Å². The highest BCUT2D eigenvalue weighted by atomic mass is 16.5. The second kappa shape index (κ2) is 7.14. The fourth-order valence-electron chi connectivity index (χ4n) is 2.42. The molecule has 2 N–H and O–H groups in total. The number of amides is 1. The van der Waals surface area contributed by atoms with E-state index in [-0.39, 0.29) is 5.91 Å². The summed E-state index contributed by atoms with van der Waals surface area (Å²) in [6, 6.07) is 7.62. The summed E-state index contributed by atoms with van der Waals surface area (Å²) in [5.74, 6) is 1.99. The summed E-state index contributed by atoms with van der Waals surface area (Å²) in [6.07, 6.45) is 2.09. The van der Waals surface area contributed by atoms with Gasteiger partial charge in [-0.1, -0.05) is 0 Å². The molecule has 0 radical (unpaired) electrons. The first kappa shape index (κ1) is 14.7. The Morgan fingerprint density at radius 1 is 1.25 bits per heavy atom. The van der Waals surface area contributed by atoms with Crippen LogP contribution < -0.4 is 15.2 Å². The number of carbonyl (C=O) groups is 1. The summed E-state index contributed by atoms with van der Waals surface area (Å²) < 4.78 is 10.9. The van der Waals surface area contributed by atoms with Crippen molar-refractivity contribution in [2.75, 3.05) is 33.4 Å². The van der Waals surface area contributed by atoms with Gasteiger partial charge in [0.05, 0.1) is 20.3 Å². The summed E-state index contributed by atoms with van der Waals surface area (Å²) in [7, 11) is 1.65. The molecule has 1 amide bonds. The predicted molar refractivity (Wildman–Crippen MR) is 76.8 cm³/mol. The molecule has 20 heavy (non-hydrogen) atoms. The molecular weight excluding hydrogens is 256 g/mol. The smallest absolute Gasteiger partial charge is 0.231 e. The number of hydrogen-bond acceptors (Lipinski definition) is 4. The van der Waals surface area contributed by atoms with Crippen LogP contribution in [0.1, 0.15) is 12.8 Å². The molecule has 5 heteroatoms. The molecule has 1 aromatic carbocycles. The zero-order valence-electron chi connectivity index (χ0n) is 11.9. The Labute approximate surface area is 119 Å². The molecule has 0 unspecified atom stereocenters. The van der Waals surface area contributed by atoms with Gasteiger partial charge in [0.2, 0.25) is 5.91 Å². The number of nitrogens with zero attached hydrogens (tertiary/aromatic N) is 1. The van der Waals surface area contributed by atoms with Crippen molar-refractivity contribution in [2.24, 2.45) is 11.7 Å². The molecule has 0 aliphatic carbocycles. The van der Waals surface area contributed by atoms with Gasteiger partial charge in [0.15, 0.2) is 0 Å². The number of ether oxygens (including phenoxy) is 2. The topological polar surface area (TPSA) is 64.8 Å². The van der Waals surface area contributed by atoms with E-state index >= 15 is 0 Å². The summed E-state index contributed by atoms with van der Waals surface area (Å²) >= 11 is 0. The highest BCUT2D eigenvalue weighted by molar-refractivity contribution is 5.75. The molecule has 0 bridgehead atoms. The fourth-order valence-corrected chi connectivity index (χ4v) is 2.42. The van der Waals surface area contributed by atoms with Crippen molar-refractivity contribution in [3.8, 4) is 11.5 Å². The maximum absolute atomic E-state index is 10.9. The minimum Gasteiger partial charge on any atom is -0.497 e. The molecule has 0 saturated carbocycles. The minimum atomic E-state index is -0.252. The zero-order valence-corrected chi connectivity index (χ0v) is 11.9. The molecular formula is C15H22N2O3. The molecule has 1 aromatic rings. The first-order chi connectivity index (χ1) is 9.67. The van der Waals surface area contributed by atoms with Gasteiger partial charge in [-0.25, -0.2) is 0 Å². The summed E-state index contributed by atoms with van der Waals surface area (Å²) in [5.41, 5.74) is 5.20. The first-order valence-corrected chi connectivity index (χ1v) is 6.95. The van der Waals surface area contributed by atoms with Crippen LogP contribution in [-0.4, -0.2) is 44.2 Å². The van der Waals surface area contributed by atoms with Gasteiger partial charge in [-0.15, -0.1) is 0 Å². The van der Waals surface area contributed by atoms with E-state index in [0.29, 0.717) is 12.5 Å². The Morgan fingerprint density at radius 2 is 1.85 bits per heavy atom. The van der Waals surface area contributed by atoms with Crippen molar-refractivity contribution in [3.05, 3.63) is 24.3 Å². The number of hydrogen-bond donors (Lipinski definition) is 1. The van der Waals surface area contributed by atoms with E-state index in [1.54, 1.807) is 7.11 Å². The third-order valence-electron chi connectivity index (χ3n) is 3.63. The number of nitrogens with two attached hydrogens (primary N) is 1. The number of carbonyl (C=O) groups excluding carboxylic acids is 1. The quantitative estimate of drug-likeness (QED) is 0.851. The van der Waals surface area contributed by atoms with E-state index in [9.17, 15) is 4.79 Å². The number of primary amides is 1. The standard InChI is InChI=1S/C15H22N2O3/c1-19-13-2-4-14(5-3-13)20-11-12-6-8-17(9-7-12)10-15(16)18/h2-5,12H,6-11H2,1H3,(H2,16,18). The van der Waals surface area contributed by atoms with Gasteiger partial charge in [-0.3, -0.25) is 9.69 Å². The van der Waals surface area contributed by atoms with Gasteiger partial charge in [0, 0.05) is 0 Å². The van der Waals surface area contributed by atoms with Crippen molar-refractivity contribution >= 4 is 5.91 Å². The van der Waals surface area contributed by atoms with E-state index in [1.165, 1.54) is 0 Å². The van der Waals surface area contributed by atoms with Crippen LogP contribution in [0.4, 0.5) is 0 Å². The van der Waals surface area contributed by atoms with E-state index in [0.717, 1.165) is 44.0 Å². The Balaban J connectivity index is 1.71. The van der Waals surface area contributed by atoms with E-state index in [2.05, 4.69) is 4.90 Å². The van der Waals surface area contributed by atoms with Crippen LogP contribution >= 0.6 is 0 Å². The predicted octanol–water partition coefficient (Wildman–Crippen LogP) is 1.27. The normalized spacial score (nSPS) is 16.9. The van der Waals surface area contributed by atoms with Crippen LogP contribution in [0.5, 0.6) is 11.5 Å². The van der Waals surface area contributed by atoms with Crippen LogP contribution in [0.2, 0.25) is 0 Å². The average Bonchev–Trinajstić information content (AvgIpc) is 2.46. The van der Waals surface area contributed by atoms with Gasteiger partial charge in [0.25, 0.3) is 0 Å². The molecule has 0 spiro atoms. The lowest BCUT2D eigenvalue weighted by Crippen LogP contribution is -2.40. The van der Waals surface area contributed by atoms with Crippen LogP contribution in [0, 0.1) is 5.92 Å². The number of piperidine rings is 1. The van der Waals surface area contributed by atoms with Crippen LogP contribution in [0.3, 0.4) is 0 Å². The van der Waals surface area contributed by atoms with E-state index < -0.39 is 0 Å². The molecule has 2 rings (SSSR count). The molecule has 1 saturated heterocycles. The number of benzene rings is 1. The van der Waals surface area contributed by atoms with Gasteiger partial charge < -0.3 is 15.2 Å². The van der Waals surface area contributed by atoms with Crippen LogP contribution in [0.25, 0.3) is 0 Å². The lowest BCUT2D eigenvalue weighted by atomic mass is 9.98.